The summed E-state index contributed by atoms with van der Waals surface area (Å²) in [6.07, 6.45) is 2.70. The summed E-state index contributed by atoms with van der Waals surface area (Å²) in [6.45, 7) is 1.88. The Balaban J connectivity index is 3.03. The van der Waals surface area contributed by atoms with Crippen molar-refractivity contribution in [2.45, 2.75) is 32.1 Å². The van der Waals surface area contributed by atoms with E-state index in [4.69, 9.17) is 0 Å². The zero-order valence-electron chi connectivity index (χ0n) is 10.3. The quantitative estimate of drug-likeness (QED) is 0.265. The summed E-state index contributed by atoms with van der Waals surface area (Å²) in [5, 5.41) is 5.23. The molecule has 0 fully saturated rings. The zero-order valence-corrected chi connectivity index (χ0v) is 10.3. The van der Waals surface area contributed by atoms with Gasteiger partial charge in [0.1, 0.15) is 0 Å². The zero-order chi connectivity index (χ0) is 12.9. The van der Waals surface area contributed by atoms with E-state index >= 15 is 0 Å². The van der Waals surface area contributed by atoms with Crippen LogP contribution in [0, 0.1) is 0 Å². The Kier molecular flexibility index (Phi) is 10.5. The first-order valence-electron chi connectivity index (χ1n) is 5.87. The van der Waals surface area contributed by atoms with Gasteiger partial charge in [0, 0.05) is 13.1 Å². The number of esters is 1. The van der Waals surface area contributed by atoms with Crippen LogP contribution >= 0.6 is 0 Å². The molecule has 0 spiro atoms. The monoisotopic (exact) mass is 248 g/mol. The molecule has 0 aliphatic heterocycles. The van der Waals surface area contributed by atoms with E-state index in [0.717, 1.165) is 32.2 Å². The van der Waals surface area contributed by atoms with Crippen LogP contribution in [0.3, 0.4) is 0 Å². The maximum Gasteiger partial charge on any atom is 0.397 e. The molecule has 0 rings (SSSR count). The lowest BCUT2D eigenvalue weighted by atomic mass is 10.2. The van der Waals surface area contributed by atoms with Gasteiger partial charge in [-0.05, 0) is 19.4 Å². The van der Waals surface area contributed by atoms with Gasteiger partial charge >= 0.3 is 12.1 Å². The van der Waals surface area contributed by atoms with E-state index in [2.05, 4.69) is 15.4 Å². The predicted molar refractivity (Wildman–Crippen MR) is 62.5 cm³/mol. The molecule has 17 heavy (non-hydrogen) atoms. The normalized spacial score (nSPS) is 10.0. The van der Waals surface area contributed by atoms with Crippen molar-refractivity contribution < 1.29 is 18.7 Å². The lowest BCUT2D eigenvalue weighted by molar-refractivity contribution is -0.140. The van der Waals surface area contributed by atoms with Gasteiger partial charge in [-0.25, -0.2) is 4.79 Å². The number of nitrogens with one attached hydrogen (secondary N) is 2. The fourth-order valence-corrected chi connectivity index (χ4v) is 1.33. The Morgan fingerprint density at radius 2 is 1.71 bits per heavy atom. The lowest BCUT2D eigenvalue weighted by Crippen LogP contribution is -2.20. The van der Waals surface area contributed by atoms with Gasteiger partial charge in [-0.15, -0.1) is 4.39 Å². The highest BCUT2D eigenvalue weighted by Gasteiger charge is 1.98. The molecule has 0 aromatic heterocycles. The highest BCUT2D eigenvalue weighted by atomic mass is 19.1. The molecule has 5 nitrogen and oxygen atoms in total. The van der Waals surface area contributed by atoms with Gasteiger partial charge < -0.3 is 15.4 Å². The van der Waals surface area contributed by atoms with Crippen molar-refractivity contribution in [2.24, 2.45) is 0 Å². The van der Waals surface area contributed by atoms with Crippen LogP contribution in [0.2, 0.25) is 0 Å². The molecule has 6 heteroatoms. The number of amides is 1. The van der Waals surface area contributed by atoms with E-state index in [9.17, 15) is 14.0 Å². The van der Waals surface area contributed by atoms with E-state index in [1.54, 1.807) is 0 Å². The number of ether oxygens (including phenoxy) is 1. The second-order valence-corrected chi connectivity index (χ2v) is 3.69. The Labute approximate surface area is 101 Å². The summed E-state index contributed by atoms with van der Waals surface area (Å²) in [5.41, 5.74) is 0. The molecule has 0 unspecified atom stereocenters. The van der Waals surface area contributed by atoms with Crippen LogP contribution in [0.15, 0.2) is 0 Å². The number of hydrogen-bond acceptors (Lipinski definition) is 4. The van der Waals surface area contributed by atoms with Crippen LogP contribution in [-0.4, -0.2) is 38.9 Å². The van der Waals surface area contributed by atoms with Crippen LogP contribution < -0.4 is 10.6 Å². The minimum Gasteiger partial charge on any atom is -0.469 e. The molecule has 0 aliphatic rings. The van der Waals surface area contributed by atoms with Crippen molar-refractivity contribution >= 4 is 12.1 Å². The van der Waals surface area contributed by atoms with E-state index in [1.807, 2.05) is 0 Å². The number of carbonyl (C=O) groups is 2. The predicted octanol–water partition coefficient (Wildman–Crippen LogP) is 1.38. The molecule has 0 radical (unpaired) electrons. The van der Waals surface area contributed by atoms with Crippen molar-refractivity contribution in [1.29, 1.82) is 0 Å². The van der Waals surface area contributed by atoms with Crippen LogP contribution in [0.4, 0.5) is 9.18 Å². The fourth-order valence-electron chi connectivity index (χ4n) is 1.33. The first-order valence-corrected chi connectivity index (χ1v) is 5.87. The van der Waals surface area contributed by atoms with Gasteiger partial charge in [-0.3, -0.25) is 4.79 Å². The van der Waals surface area contributed by atoms with Crippen molar-refractivity contribution in [1.82, 2.24) is 10.6 Å². The smallest absolute Gasteiger partial charge is 0.397 e. The van der Waals surface area contributed by atoms with Gasteiger partial charge in [0.05, 0.1) is 13.5 Å². The summed E-state index contributed by atoms with van der Waals surface area (Å²) < 4.78 is 16.2. The van der Waals surface area contributed by atoms with Gasteiger partial charge in [0.2, 0.25) is 0 Å². The molecule has 100 valence electrons. The molecule has 0 heterocycles. The molecule has 2 N–H and O–H groups in total. The average molecular weight is 248 g/mol. The Hall–Kier alpha value is -1.17. The van der Waals surface area contributed by atoms with Gasteiger partial charge in [-0.1, -0.05) is 12.8 Å². The Morgan fingerprint density at radius 3 is 2.29 bits per heavy atom. The van der Waals surface area contributed by atoms with Crippen LogP contribution in [0.25, 0.3) is 0 Å². The minimum atomic E-state index is -1.46. The summed E-state index contributed by atoms with van der Waals surface area (Å²) in [5.74, 6) is -0.209. The highest BCUT2D eigenvalue weighted by molar-refractivity contribution is 5.69. The van der Waals surface area contributed by atoms with Crippen LogP contribution in [0.5, 0.6) is 0 Å². The van der Waals surface area contributed by atoms with Crippen LogP contribution in [0.1, 0.15) is 32.1 Å². The molecule has 0 saturated heterocycles. The lowest BCUT2D eigenvalue weighted by Gasteiger charge is -2.04. The summed E-state index contributed by atoms with van der Waals surface area (Å²) in [6, 6.07) is 0. The third-order valence-corrected chi connectivity index (χ3v) is 2.28. The molecule has 0 saturated carbocycles. The third kappa shape index (κ3) is 12.8. The summed E-state index contributed by atoms with van der Waals surface area (Å²) in [4.78, 5) is 20.7. The molecule has 0 bridgehead atoms. The minimum absolute atomic E-state index is 0.209. The van der Waals surface area contributed by atoms with E-state index in [-0.39, 0.29) is 5.97 Å². The van der Waals surface area contributed by atoms with E-state index < -0.39 is 6.16 Å². The summed E-state index contributed by atoms with van der Waals surface area (Å²) >= 11 is 0. The van der Waals surface area contributed by atoms with Crippen molar-refractivity contribution in [3.8, 4) is 0 Å². The van der Waals surface area contributed by atoms with Gasteiger partial charge in [0.25, 0.3) is 0 Å². The topological polar surface area (TPSA) is 67.4 Å². The van der Waals surface area contributed by atoms with Crippen molar-refractivity contribution in [3.05, 3.63) is 0 Å². The van der Waals surface area contributed by atoms with Crippen LogP contribution in [-0.2, 0) is 9.53 Å². The van der Waals surface area contributed by atoms with E-state index in [0.29, 0.717) is 19.5 Å². The first-order chi connectivity index (χ1) is 8.16. The fraction of sp³-hybridized carbons (Fsp3) is 0.818. The molecular formula is C11H21FN2O3. The summed E-state index contributed by atoms with van der Waals surface area (Å²) in [7, 11) is 1.37. The maximum atomic E-state index is 11.7. The second kappa shape index (κ2) is 11.3. The maximum absolute atomic E-state index is 11.7. The Bertz CT molecular complexity index is 225. The number of hydrogen-bond donors (Lipinski definition) is 2. The SMILES string of the molecule is COC(=O)CCNCCCCCCNC(=O)F. The molecule has 0 aromatic rings. The number of unbranched alkanes of at least 4 members (excludes halogenated alkanes) is 3. The molecule has 0 aromatic carbocycles. The number of rotatable bonds is 10. The van der Waals surface area contributed by atoms with Gasteiger partial charge in [-0.2, -0.15) is 0 Å². The molecule has 1 amide bonds. The highest BCUT2D eigenvalue weighted by Crippen LogP contribution is 1.97. The van der Waals surface area contributed by atoms with Gasteiger partial charge in [0.15, 0.2) is 0 Å². The number of carbonyl (C=O) groups excluding carboxylic acids is 2. The van der Waals surface area contributed by atoms with Crippen molar-refractivity contribution in [2.75, 3.05) is 26.7 Å². The number of halogens is 1. The number of methoxy groups -OCH3 is 1. The standard InChI is InChI=1S/C11H21FN2O3/c1-17-10(15)6-9-13-7-4-2-3-5-8-14-11(12)16/h13H,2-9H2,1H3,(H,14,16). The first kappa shape index (κ1) is 15.8. The third-order valence-electron chi connectivity index (χ3n) is 2.28. The molecule has 0 atom stereocenters. The average Bonchev–Trinajstić information content (AvgIpc) is 2.30. The second-order valence-electron chi connectivity index (χ2n) is 3.69. The molecule has 0 aliphatic carbocycles. The van der Waals surface area contributed by atoms with E-state index in [1.165, 1.54) is 7.11 Å². The Morgan fingerprint density at radius 1 is 1.06 bits per heavy atom. The largest absolute Gasteiger partial charge is 0.469 e. The molecular weight excluding hydrogens is 227 g/mol. The van der Waals surface area contributed by atoms with Crippen molar-refractivity contribution in [3.63, 3.8) is 0 Å².